The molecule has 0 aliphatic heterocycles. The molecule has 0 bridgehead atoms. The number of thiol groups is 1. The fourth-order valence-electron chi connectivity index (χ4n) is 0.573. The Morgan fingerprint density at radius 1 is 1.60 bits per heavy atom. The summed E-state index contributed by atoms with van der Waals surface area (Å²) < 4.78 is 0. The zero-order valence-corrected chi connectivity index (χ0v) is 8.82. The SMILES string of the molecule is Cc1nc(S(C)(C)S)cs1. The van der Waals surface area contributed by atoms with Gasteiger partial charge < -0.3 is 0 Å². The molecule has 0 amide bonds. The van der Waals surface area contributed by atoms with Crippen molar-refractivity contribution in [3.8, 4) is 0 Å². The molecule has 4 heteroatoms. The highest BCUT2D eigenvalue weighted by molar-refractivity contribution is 8.87. The van der Waals surface area contributed by atoms with Crippen molar-refractivity contribution in [1.82, 2.24) is 4.98 Å². The van der Waals surface area contributed by atoms with Gasteiger partial charge in [-0.1, -0.05) is 0 Å². The molecule has 0 saturated heterocycles. The van der Waals surface area contributed by atoms with Crippen LogP contribution in [0.1, 0.15) is 5.01 Å². The summed E-state index contributed by atoms with van der Waals surface area (Å²) in [5, 5.41) is 4.38. The average molecular weight is 193 g/mol. The Bertz CT molecular complexity index is 223. The highest BCUT2D eigenvalue weighted by Gasteiger charge is 2.11. The third-order valence-corrected chi connectivity index (χ3v) is 3.83. The summed E-state index contributed by atoms with van der Waals surface area (Å²) in [5.74, 6) is 0. The molecule has 0 fully saturated rings. The van der Waals surface area contributed by atoms with Gasteiger partial charge >= 0.3 is 0 Å². The third kappa shape index (κ3) is 1.90. The molecule has 1 heterocycles. The molecule has 0 unspecified atom stereocenters. The van der Waals surface area contributed by atoms with Gasteiger partial charge in [-0.05, 0) is 19.4 Å². The molecule has 1 nitrogen and oxygen atoms in total. The monoisotopic (exact) mass is 193 g/mol. The van der Waals surface area contributed by atoms with Gasteiger partial charge in [-0.25, -0.2) is 4.98 Å². The van der Waals surface area contributed by atoms with Crippen LogP contribution in [0.5, 0.6) is 0 Å². The van der Waals surface area contributed by atoms with E-state index < -0.39 is 9.06 Å². The van der Waals surface area contributed by atoms with Crippen molar-refractivity contribution in [3.05, 3.63) is 10.4 Å². The van der Waals surface area contributed by atoms with Gasteiger partial charge in [-0.15, -0.1) is 23.0 Å². The fourth-order valence-corrected chi connectivity index (χ4v) is 3.06. The summed E-state index contributed by atoms with van der Waals surface area (Å²) in [6, 6.07) is 0. The van der Waals surface area contributed by atoms with Crippen molar-refractivity contribution >= 4 is 32.1 Å². The molecule has 0 aliphatic carbocycles. The molecule has 0 atom stereocenters. The quantitative estimate of drug-likeness (QED) is 0.534. The molecule has 1 rings (SSSR count). The van der Waals surface area contributed by atoms with Gasteiger partial charge in [0.1, 0.15) is 0 Å². The van der Waals surface area contributed by atoms with E-state index in [1.165, 1.54) is 0 Å². The van der Waals surface area contributed by atoms with Gasteiger partial charge in [-0.2, -0.15) is 9.06 Å². The van der Waals surface area contributed by atoms with Gasteiger partial charge in [0, 0.05) is 5.38 Å². The Morgan fingerprint density at radius 2 is 2.20 bits per heavy atom. The molecule has 0 radical (unpaired) electrons. The Morgan fingerprint density at radius 3 is 2.40 bits per heavy atom. The van der Waals surface area contributed by atoms with Crippen LogP contribution >= 0.6 is 32.1 Å². The Hall–Kier alpha value is 0.330. The van der Waals surface area contributed by atoms with Crippen LogP contribution in [0.15, 0.2) is 10.4 Å². The number of aryl methyl sites for hydroxylation is 1. The molecular weight excluding hydrogens is 182 g/mol. The van der Waals surface area contributed by atoms with Crippen LogP contribution < -0.4 is 0 Å². The molecule has 10 heavy (non-hydrogen) atoms. The number of aromatic nitrogens is 1. The molecule has 1 aromatic heterocycles. The zero-order chi connectivity index (χ0) is 7.78. The van der Waals surface area contributed by atoms with Gasteiger partial charge in [0.15, 0.2) is 0 Å². The number of hydrogen-bond acceptors (Lipinski definition) is 3. The summed E-state index contributed by atoms with van der Waals surface area (Å²) in [6.45, 7) is 2.02. The van der Waals surface area contributed by atoms with E-state index in [0.29, 0.717) is 0 Å². The second kappa shape index (κ2) is 2.75. The number of thiazole rings is 1. The van der Waals surface area contributed by atoms with E-state index in [1.807, 2.05) is 6.92 Å². The number of rotatable bonds is 1. The maximum Gasteiger partial charge on any atom is 0.0983 e. The van der Waals surface area contributed by atoms with Crippen LogP contribution in [-0.4, -0.2) is 17.5 Å². The first-order chi connectivity index (χ1) is 4.50. The molecular formula is C6H11NS3. The standard InChI is InChI=1S/C6H11NS3/c1-5-7-6(4-9-5)10(2,3)8/h4,8H,1-3H3. The first-order valence-corrected chi connectivity index (χ1v) is 7.26. The maximum absolute atomic E-state index is 4.49. The van der Waals surface area contributed by atoms with E-state index in [1.54, 1.807) is 11.3 Å². The molecule has 0 spiro atoms. The summed E-state index contributed by atoms with van der Waals surface area (Å²) in [4.78, 5) is 4.36. The highest BCUT2D eigenvalue weighted by Crippen LogP contribution is 2.52. The summed E-state index contributed by atoms with van der Waals surface area (Å²) in [7, 11) is -0.888. The normalized spacial score (nSPS) is 13.6. The second-order valence-electron chi connectivity index (χ2n) is 2.48. The smallest absolute Gasteiger partial charge is 0.0983 e. The lowest BCUT2D eigenvalue weighted by atomic mass is 10.8. The fraction of sp³-hybridized carbons (Fsp3) is 0.500. The van der Waals surface area contributed by atoms with E-state index in [2.05, 4.69) is 34.5 Å². The van der Waals surface area contributed by atoms with E-state index in [-0.39, 0.29) is 0 Å². The molecule has 0 N–H and O–H groups in total. The van der Waals surface area contributed by atoms with Gasteiger partial charge in [-0.3, -0.25) is 0 Å². The minimum absolute atomic E-state index is 0.888. The molecule has 58 valence electrons. The molecule has 1 aromatic rings. The Kier molecular flexibility index (Phi) is 2.32. The van der Waals surface area contributed by atoms with Crippen molar-refractivity contribution in [2.75, 3.05) is 12.5 Å². The van der Waals surface area contributed by atoms with Crippen LogP contribution in [0.3, 0.4) is 0 Å². The van der Waals surface area contributed by atoms with Crippen molar-refractivity contribution in [2.24, 2.45) is 0 Å². The lowest BCUT2D eigenvalue weighted by Gasteiger charge is -2.20. The van der Waals surface area contributed by atoms with Crippen LogP contribution in [0, 0.1) is 6.92 Å². The summed E-state index contributed by atoms with van der Waals surface area (Å²) in [5.41, 5.74) is 0. The zero-order valence-electron chi connectivity index (χ0n) is 6.29. The van der Waals surface area contributed by atoms with E-state index in [9.17, 15) is 0 Å². The predicted octanol–water partition coefficient (Wildman–Crippen LogP) is 2.72. The number of nitrogens with zero attached hydrogens (tertiary/aromatic N) is 1. The van der Waals surface area contributed by atoms with Gasteiger partial charge in [0.25, 0.3) is 0 Å². The molecule has 0 saturated carbocycles. The minimum atomic E-state index is -0.888. The summed E-state index contributed by atoms with van der Waals surface area (Å²) >= 11 is 6.18. The van der Waals surface area contributed by atoms with Gasteiger partial charge in [0.2, 0.25) is 0 Å². The van der Waals surface area contributed by atoms with Crippen LogP contribution in [0.25, 0.3) is 0 Å². The van der Waals surface area contributed by atoms with Crippen molar-refractivity contribution in [3.63, 3.8) is 0 Å². The van der Waals surface area contributed by atoms with Crippen LogP contribution in [0.2, 0.25) is 0 Å². The van der Waals surface area contributed by atoms with E-state index >= 15 is 0 Å². The first-order valence-electron chi connectivity index (χ1n) is 2.88. The van der Waals surface area contributed by atoms with Gasteiger partial charge in [0.05, 0.1) is 10.0 Å². The first kappa shape index (κ1) is 8.43. The predicted molar refractivity (Wildman–Crippen MR) is 53.5 cm³/mol. The lowest BCUT2D eigenvalue weighted by molar-refractivity contribution is 1.14. The Labute approximate surface area is 72.0 Å². The lowest BCUT2D eigenvalue weighted by Crippen LogP contribution is -1.86. The van der Waals surface area contributed by atoms with Crippen molar-refractivity contribution in [1.29, 1.82) is 0 Å². The molecule has 0 aliphatic rings. The largest absolute Gasteiger partial charge is 0.236 e. The average Bonchev–Trinajstić information content (AvgIpc) is 2.11. The topological polar surface area (TPSA) is 12.9 Å². The highest BCUT2D eigenvalue weighted by atomic mass is 33.1. The Balaban J connectivity index is 2.96. The van der Waals surface area contributed by atoms with Crippen LogP contribution in [-0.2, 0) is 0 Å². The third-order valence-electron chi connectivity index (χ3n) is 1.11. The maximum atomic E-state index is 4.49. The minimum Gasteiger partial charge on any atom is -0.236 e. The molecule has 0 aromatic carbocycles. The van der Waals surface area contributed by atoms with Crippen molar-refractivity contribution in [2.45, 2.75) is 11.9 Å². The summed E-state index contributed by atoms with van der Waals surface area (Å²) in [6.07, 6.45) is 4.26. The van der Waals surface area contributed by atoms with Crippen LogP contribution in [0.4, 0.5) is 0 Å². The second-order valence-corrected chi connectivity index (χ2v) is 9.24. The van der Waals surface area contributed by atoms with Crippen molar-refractivity contribution < 1.29 is 0 Å². The number of hydrogen-bond donors (Lipinski definition) is 1. The van der Waals surface area contributed by atoms with E-state index in [0.717, 1.165) is 10.0 Å². The van der Waals surface area contributed by atoms with E-state index in [4.69, 9.17) is 0 Å².